The molecule has 1 N–H and O–H groups in total. The van der Waals surface area contributed by atoms with E-state index in [-0.39, 0.29) is 5.78 Å². The highest BCUT2D eigenvalue weighted by molar-refractivity contribution is 6.52. The number of carbonyl (C=O) groups excluding carboxylic acids is 2. The molecular weight excluding hydrogens is 240 g/mol. The highest BCUT2D eigenvalue weighted by atomic mass is 16.2. The van der Waals surface area contributed by atoms with Gasteiger partial charge in [-0.05, 0) is 25.0 Å². The van der Waals surface area contributed by atoms with Crippen LogP contribution in [0.3, 0.4) is 0 Å². The van der Waals surface area contributed by atoms with Crippen molar-refractivity contribution >= 4 is 17.4 Å². The standard InChI is InChI=1S/C15H18N2O2/c18-14-12-8-4-5-9-13(12)17(15(14)19)10-16-11-6-2-1-3-7-11/h4-5,8-9,11,16H,1-3,6-7,10H2. The van der Waals surface area contributed by atoms with Gasteiger partial charge < -0.3 is 0 Å². The fourth-order valence-electron chi connectivity index (χ4n) is 2.93. The molecule has 100 valence electrons. The second-order valence-electron chi connectivity index (χ2n) is 5.28. The van der Waals surface area contributed by atoms with Crippen LogP contribution >= 0.6 is 0 Å². The molecule has 1 aliphatic heterocycles. The molecule has 1 aromatic carbocycles. The lowest BCUT2D eigenvalue weighted by molar-refractivity contribution is -0.114. The summed E-state index contributed by atoms with van der Waals surface area (Å²) in [6.45, 7) is 0.437. The van der Waals surface area contributed by atoms with Gasteiger partial charge in [0.1, 0.15) is 0 Å². The smallest absolute Gasteiger partial charge is 0.297 e. The number of nitrogens with zero attached hydrogens (tertiary/aromatic N) is 1. The summed E-state index contributed by atoms with van der Waals surface area (Å²) in [4.78, 5) is 25.4. The molecule has 3 rings (SSSR count). The van der Waals surface area contributed by atoms with Crippen LogP contribution in [-0.4, -0.2) is 24.4 Å². The minimum absolute atomic E-state index is 0.388. The second-order valence-corrected chi connectivity index (χ2v) is 5.28. The molecule has 1 fully saturated rings. The Balaban J connectivity index is 1.71. The lowest BCUT2D eigenvalue weighted by Crippen LogP contribution is -2.43. The third kappa shape index (κ3) is 2.28. The normalized spacial score (nSPS) is 19.9. The molecule has 0 aromatic heterocycles. The molecule has 1 aliphatic carbocycles. The fourth-order valence-corrected chi connectivity index (χ4v) is 2.93. The Hall–Kier alpha value is -1.68. The maximum atomic E-state index is 12.0. The van der Waals surface area contributed by atoms with Crippen LogP contribution in [0.4, 0.5) is 5.69 Å². The van der Waals surface area contributed by atoms with Gasteiger partial charge in [0.05, 0.1) is 17.9 Å². The highest BCUT2D eigenvalue weighted by Gasteiger charge is 2.35. The number of amides is 1. The van der Waals surface area contributed by atoms with E-state index < -0.39 is 5.91 Å². The Morgan fingerprint density at radius 2 is 1.84 bits per heavy atom. The summed E-state index contributed by atoms with van der Waals surface area (Å²) in [5, 5.41) is 3.41. The highest BCUT2D eigenvalue weighted by Crippen LogP contribution is 2.28. The van der Waals surface area contributed by atoms with Gasteiger partial charge in [-0.15, -0.1) is 0 Å². The van der Waals surface area contributed by atoms with Crippen molar-refractivity contribution in [2.75, 3.05) is 11.6 Å². The van der Waals surface area contributed by atoms with Crippen LogP contribution in [-0.2, 0) is 4.79 Å². The van der Waals surface area contributed by atoms with E-state index >= 15 is 0 Å². The predicted molar refractivity (Wildman–Crippen MR) is 73.1 cm³/mol. The molecule has 0 unspecified atom stereocenters. The van der Waals surface area contributed by atoms with Crippen molar-refractivity contribution in [1.29, 1.82) is 0 Å². The first-order valence-electron chi connectivity index (χ1n) is 6.96. The van der Waals surface area contributed by atoms with Crippen molar-refractivity contribution < 1.29 is 9.59 Å². The quantitative estimate of drug-likeness (QED) is 0.845. The Kier molecular flexibility index (Phi) is 3.34. The molecule has 1 saturated carbocycles. The van der Waals surface area contributed by atoms with Crippen molar-refractivity contribution in [3.05, 3.63) is 29.8 Å². The number of ketones is 1. The van der Waals surface area contributed by atoms with Gasteiger partial charge in [-0.1, -0.05) is 31.4 Å². The van der Waals surface area contributed by atoms with Gasteiger partial charge in [0.25, 0.3) is 5.78 Å². The summed E-state index contributed by atoms with van der Waals surface area (Å²) in [5.74, 6) is -0.800. The van der Waals surface area contributed by atoms with Crippen molar-refractivity contribution in [2.45, 2.75) is 38.1 Å². The molecule has 0 radical (unpaired) electrons. The predicted octanol–water partition coefficient (Wildman–Crippen LogP) is 2.10. The molecule has 2 aliphatic rings. The summed E-state index contributed by atoms with van der Waals surface area (Å²) in [7, 11) is 0. The third-order valence-electron chi connectivity index (χ3n) is 4.02. The Bertz CT molecular complexity index is 507. The largest absolute Gasteiger partial charge is 0.300 e. The summed E-state index contributed by atoms with van der Waals surface area (Å²) >= 11 is 0. The minimum Gasteiger partial charge on any atom is -0.297 e. The number of Topliss-reactive ketones (excluding diaryl/α,β-unsaturated/α-hetero) is 1. The number of carbonyl (C=O) groups is 2. The molecular formula is C15H18N2O2. The Morgan fingerprint density at radius 1 is 1.11 bits per heavy atom. The van der Waals surface area contributed by atoms with Crippen molar-refractivity contribution in [2.24, 2.45) is 0 Å². The average molecular weight is 258 g/mol. The van der Waals surface area contributed by atoms with Gasteiger partial charge in [0.15, 0.2) is 0 Å². The summed E-state index contributed by atoms with van der Waals surface area (Å²) < 4.78 is 0. The van der Waals surface area contributed by atoms with Gasteiger partial charge in [0.2, 0.25) is 0 Å². The number of hydrogen-bond acceptors (Lipinski definition) is 3. The minimum atomic E-state index is -0.412. The number of rotatable bonds is 3. The summed E-state index contributed by atoms with van der Waals surface area (Å²) in [6, 6.07) is 7.68. The lowest BCUT2D eigenvalue weighted by Gasteiger charge is -2.26. The van der Waals surface area contributed by atoms with Crippen LogP contribution in [0, 0.1) is 0 Å². The van der Waals surface area contributed by atoms with E-state index in [0.717, 1.165) is 18.5 Å². The van der Waals surface area contributed by atoms with Gasteiger partial charge in [-0.25, -0.2) is 0 Å². The average Bonchev–Trinajstić information content (AvgIpc) is 2.71. The van der Waals surface area contributed by atoms with Crippen LogP contribution in [0.2, 0.25) is 0 Å². The van der Waals surface area contributed by atoms with Gasteiger partial charge in [-0.3, -0.25) is 19.8 Å². The first kappa shape index (κ1) is 12.4. The molecule has 1 heterocycles. The van der Waals surface area contributed by atoms with Crippen LogP contribution in [0.5, 0.6) is 0 Å². The second kappa shape index (κ2) is 5.13. The zero-order chi connectivity index (χ0) is 13.2. The molecule has 0 saturated heterocycles. The van der Waals surface area contributed by atoms with E-state index in [1.807, 2.05) is 12.1 Å². The molecule has 4 nitrogen and oxygen atoms in total. The lowest BCUT2D eigenvalue weighted by atomic mass is 9.96. The van der Waals surface area contributed by atoms with E-state index in [2.05, 4.69) is 5.32 Å². The number of anilines is 1. The first-order chi connectivity index (χ1) is 9.27. The molecule has 0 spiro atoms. The Labute approximate surface area is 112 Å². The van der Waals surface area contributed by atoms with Crippen molar-refractivity contribution in [3.63, 3.8) is 0 Å². The van der Waals surface area contributed by atoms with E-state index in [1.54, 1.807) is 17.0 Å². The summed E-state index contributed by atoms with van der Waals surface area (Å²) in [5.41, 5.74) is 1.26. The van der Waals surface area contributed by atoms with Crippen LogP contribution in [0.1, 0.15) is 42.5 Å². The summed E-state index contributed by atoms with van der Waals surface area (Å²) in [6.07, 6.45) is 6.14. The van der Waals surface area contributed by atoms with Crippen LogP contribution in [0.15, 0.2) is 24.3 Å². The first-order valence-corrected chi connectivity index (χ1v) is 6.96. The topological polar surface area (TPSA) is 49.4 Å². The molecule has 1 amide bonds. The number of fused-ring (bicyclic) bond motifs is 1. The zero-order valence-electron chi connectivity index (χ0n) is 10.9. The Morgan fingerprint density at radius 3 is 2.63 bits per heavy atom. The monoisotopic (exact) mass is 258 g/mol. The number of hydrogen-bond donors (Lipinski definition) is 1. The number of benzene rings is 1. The van der Waals surface area contributed by atoms with E-state index in [0.29, 0.717) is 18.3 Å². The maximum absolute atomic E-state index is 12.0. The molecule has 4 heteroatoms. The van der Waals surface area contributed by atoms with Crippen molar-refractivity contribution in [3.8, 4) is 0 Å². The fraction of sp³-hybridized carbons (Fsp3) is 0.467. The third-order valence-corrected chi connectivity index (χ3v) is 4.02. The van der Waals surface area contributed by atoms with Gasteiger partial charge in [0, 0.05) is 6.04 Å². The molecule has 0 atom stereocenters. The number of para-hydroxylation sites is 1. The van der Waals surface area contributed by atoms with E-state index in [4.69, 9.17) is 0 Å². The molecule has 0 bridgehead atoms. The maximum Gasteiger partial charge on any atom is 0.300 e. The van der Waals surface area contributed by atoms with E-state index in [9.17, 15) is 9.59 Å². The van der Waals surface area contributed by atoms with Crippen molar-refractivity contribution in [1.82, 2.24) is 5.32 Å². The SMILES string of the molecule is O=C1C(=O)N(CNC2CCCCC2)c2ccccc21. The molecule has 1 aromatic rings. The van der Waals surface area contributed by atoms with E-state index in [1.165, 1.54) is 19.3 Å². The zero-order valence-corrected chi connectivity index (χ0v) is 10.9. The van der Waals surface area contributed by atoms with Gasteiger partial charge in [-0.2, -0.15) is 0 Å². The van der Waals surface area contributed by atoms with Crippen LogP contribution in [0.25, 0.3) is 0 Å². The number of nitrogens with one attached hydrogen (secondary N) is 1. The van der Waals surface area contributed by atoms with Gasteiger partial charge >= 0.3 is 5.91 Å². The van der Waals surface area contributed by atoms with Crippen LogP contribution < -0.4 is 10.2 Å². The molecule has 19 heavy (non-hydrogen) atoms.